The molecule has 6 heteroatoms. The largest absolute Gasteiger partial charge is 0.270 e. The zero-order valence-electron chi connectivity index (χ0n) is 10.1. The number of rotatable bonds is 4. The van der Waals surface area contributed by atoms with Crippen LogP contribution in [0.1, 0.15) is 24.8 Å². The number of nitro benzene ring substituents is 1. The van der Waals surface area contributed by atoms with Gasteiger partial charge in [-0.05, 0) is 12.8 Å². The highest BCUT2D eigenvalue weighted by Crippen LogP contribution is 2.11. The Hall–Kier alpha value is -1.95. The van der Waals surface area contributed by atoms with Gasteiger partial charge in [0.25, 0.3) is 5.69 Å². The van der Waals surface area contributed by atoms with E-state index in [1.807, 2.05) is 0 Å². The molecule has 18 heavy (non-hydrogen) atoms. The van der Waals surface area contributed by atoms with Crippen LogP contribution in [0.2, 0.25) is 0 Å². The maximum absolute atomic E-state index is 10.6. The number of piperidine rings is 1. The molecule has 96 valence electrons. The van der Waals surface area contributed by atoms with E-state index in [9.17, 15) is 10.1 Å². The van der Waals surface area contributed by atoms with Crippen molar-refractivity contribution in [3.05, 3.63) is 39.9 Å². The molecule has 0 spiro atoms. The maximum Gasteiger partial charge on any atom is 0.270 e. The van der Waals surface area contributed by atoms with E-state index in [1.54, 1.807) is 18.3 Å². The van der Waals surface area contributed by atoms with Crippen molar-refractivity contribution < 1.29 is 4.92 Å². The third kappa shape index (κ3) is 3.53. The topological polar surface area (TPSA) is 70.8 Å². The van der Waals surface area contributed by atoms with Crippen molar-refractivity contribution in [2.24, 2.45) is 5.10 Å². The zero-order valence-corrected chi connectivity index (χ0v) is 10.1. The highest BCUT2D eigenvalue weighted by atomic mass is 16.6. The van der Waals surface area contributed by atoms with E-state index < -0.39 is 4.92 Å². The molecule has 0 atom stereocenters. The third-order valence-corrected chi connectivity index (χ3v) is 2.85. The molecule has 0 unspecified atom stereocenters. The van der Waals surface area contributed by atoms with Crippen LogP contribution in [0.25, 0.3) is 0 Å². The van der Waals surface area contributed by atoms with Gasteiger partial charge in [-0.1, -0.05) is 18.6 Å². The first-order valence-corrected chi connectivity index (χ1v) is 6.04. The van der Waals surface area contributed by atoms with Gasteiger partial charge in [0.2, 0.25) is 0 Å². The number of nitrogens with zero attached hydrogens (tertiary/aromatic N) is 3. The van der Waals surface area contributed by atoms with E-state index in [0.717, 1.165) is 13.1 Å². The average molecular weight is 248 g/mol. The van der Waals surface area contributed by atoms with Gasteiger partial charge >= 0.3 is 0 Å². The lowest BCUT2D eigenvalue weighted by atomic mass is 10.2. The minimum absolute atomic E-state index is 0.0805. The molecule has 1 aromatic carbocycles. The number of hydrazone groups is 1. The van der Waals surface area contributed by atoms with Crippen LogP contribution in [0.3, 0.4) is 0 Å². The lowest BCUT2D eigenvalue weighted by Gasteiger charge is -2.24. The van der Waals surface area contributed by atoms with E-state index >= 15 is 0 Å². The Bertz CT molecular complexity index is 441. The summed E-state index contributed by atoms with van der Waals surface area (Å²) in [7, 11) is 0. The van der Waals surface area contributed by atoms with Gasteiger partial charge in [0.05, 0.1) is 11.1 Å². The fourth-order valence-electron chi connectivity index (χ4n) is 1.90. The van der Waals surface area contributed by atoms with Crippen molar-refractivity contribution in [1.29, 1.82) is 0 Å². The number of benzene rings is 1. The second kappa shape index (κ2) is 6.11. The summed E-state index contributed by atoms with van der Waals surface area (Å²) in [6.07, 6.45) is 5.23. The molecule has 0 bridgehead atoms. The Morgan fingerprint density at radius 1 is 1.33 bits per heavy atom. The average Bonchev–Trinajstić information content (AvgIpc) is 2.40. The molecule has 1 fully saturated rings. The molecule has 1 aromatic rings. The molecule has 1 aliphatic rings. The first kappa shape index (κ1) is 12.5. The molecule has 1 N–H and O–H groups in total. The summed E-state index contributed by atoms with van der Waals surface area (Å²) in [4.78, 5) is 10.2. The molecule has 0 saturated carbocycles. The zero-order chi connectivity index (χ0) is 12.8. The van der Waals surface area contributed by atoms with Crippen LogP contribution in [-0.2, 0) is 0 Å². The van der Waals surface area contributed by atoms with Crippen molar-refractivity contribution in [3.63, 3.8) is 0 Å². The Kier molecular flexibility index (Phi) is 4.25. The fraction of sp³-hybridized carbons (Fsp3) is 0.417. The molecular formula is C12H16N4O2. The summed E-state index contributed by atoms with van der Waals surface area (Å²) < 4.78 is 0. The van der Waals surface area contributed by atoms with Gasteiger partial charge in [-0.15, -0.1) is 0 Å². The number of hydrogen-bond acceptors (Lipinski definition) is 5. The van der Waals surface area contributed by atoms with Crippen LogP contribution in [0.4, 0.5) is 5.69 Å². The van der Waals surface area contributed by atoms with Gasteiger partial charge in [0, 0.05) is 30.8 Å². The van der Waals surface area contributed by atoms with E-state index in [2.05, 4.69) is 15.6 Å². The summed E-state index contributed by atoms with van der Waals surface area (Å²) >= 11 is 0. The van der Waals surface area contributed by atoms with Crippen LogP contribution < -0.4 is 5.53 Å². The molecular weight excluding hydrogens is 232 g/mol. The molecule has 1 saturated heterocycles. The Morgan fingerprint density at radius 3 is 2.83 bits per heavy atom. The van der Waals surface area contributed by atoms with E-state index in [1.165, 1.54) is 31.4 Å². The van der Waals surface area contributed by atoms with E-state index in [0.29, 0.717) is 5.56 Å². The first-order chi connectivity index (χ1) is 8.75. The van der Waals surface area contributed by atoms with Gasteiger partial charge in [-0.25, -0.2) is 10.5 Å². The third-order valence-electron chi connectivity index (χ3n) is 2.85. The van der Waals surface area contributed by atoms with Crippen molar-refractivity contribution in [2.45, 2.75) is 19.3 Å². The highest BCUT2D eigenvalue weighted by Gasteiger charge is 2.08. The van der Waals surface area contributed by atoms with Crippen LogP contribution in [0.15, 0.2) is 29.4 Å². The number of hydrazine groups is 1. The monoisotopic (exact) mass is 248 g/mol. The lowest BCUT2D eigenvalue weighted by Crippen LogP contribution is -2.38. The molecule has 0 radical (unpaired) electrons. The normalized spacial score (nSPS) is 16.9. The smallest absolute Gasteiger partial charge is 0.258 e. The minimum Gasteiger partial charge on any atom is -0.258 e. The summed E-state index contributed by atoms with van der Waals surface area (Å²) in [5, 5.41) is 16.8. The van der Waals surface area contributed by atoms with Gasteiger partial charge in [-0.2, -0.15) is 5.10 Å². The quantitative estimate of drug-likeness (QED) is 0.502. The number of nitrogens with one attached hydrogen (secondary N) is 1. The number of hydrogen-bond donors (Lipinski definition) is 1. The predicted octanol–water partition coefficient (Wildman–Crippen LogP) is 1.92. The van der Waals surface area contributed by atoms with Crippen molar-refractivity contribution >= 4 is 11.9 Å². The second-order valence-corrected chi connectivity index (χ2v) is 4.26. The predicted molar refractivity (Wildman–Crippen MR) is 69.3 cm³/mol. The molecule has 1 heterocycles. The van der Waals surface area contributed by atoms with Crippen molar-refractivity contribution in [3.8, 4) is 0 Å². The standard InChI is InChI=1S/C12H16N4O2/c17-16(18)12-6-4-5-11(9-12)10-13-14-15-7-2-1-3-8-15/h4-6,9-10,14H,1-3,7-8H2. The van der Waals surface area contributed by atoms with Gasteiger partial charge in [0.15, 0.2) is 0 Å². The summed E-state index contributed by atoms with van der Waals surface area (Å²) in [6.45, 7) is 1.98. The first-order valence-electron chi connectivity index (χ1n) is 6.04. The Morgan fingerprint density at radius 2 is 2.11 bits per heavy atom. The van der Waals surface area contributed by atoms with E-state index in [4.69, 9.17) is 0 Å². The number of non-ortho nitro benzene ring substituents is 1. The van der Waals surface area contributed by atoms with Gasteiger partial charge in [0.1, 0.15) is 0 Å². The molecule has 0 amide bonds. The Balaban J connectivity index is 1.91. The van der Waals surface area contributed by atoms with Crippen LogP contribution in [0, 0.1) is 10.1 Å². The van der Waals surface area contributed by atoms with Gasteiger partial charge in [-0.3, -0.25) is 10.1 Å². The SMILES string of the molecule is O=[N+]([O-])c1cccc(C=NNN2CCCCC2)c1. The number of nitro groups is 1. The molecule has 2 rings (SSSR count). The van der Waals surface area contributed by atoms with Crippen molar-refractivity contribution in [1.82, 2.24) is 10.5 Å². The molecule has 0 aromatic heterocycles. The summed E-state index contributed by atoms with van der Waals surface area (Å²) in [6, 6.07) is 6.41. The highest BCUT2D eigenvalue weighted by molar-refractivity contribution is 5.80. The van der Waals surface area contributed by atoms with Crippen LogP contribution in [0.5, 0.6) is 0 Å². The molecule has 0 aliphatic carbocycles. The van der Waals surface area contributed by atoms with Crippen LogP contribution >= 0.6 is 0 Å². The molecule has 6 nitrogen and oxygen atoms in total. The minimum atomic E-state index is -0.407. The second-order valence-electron chi connectivity index (χ2n) is 4.26. The maximum atomic E-state index is 10.6. The van der Waals surface area contributed by atoms with E-state index in [-0.39, 0.29) is 5.69 Å². The summed E-state index contributed by atoms with van der Waals surface area (Å²) in [5.41, 5.74) is 3.75. The summed E-state index contributed by atoms with van der Waals surface area (Å²) in [5.74, 6) is 0. The lowest BCUT2D eigenvalue weighted by molar-refractivity contribution is -0.384. The fourth-order valence-corrected chi connectivity index (χ4v) is 1.90. The van der Waals surface area contributed by atoms with Crippen molar-refractivity contribution in [2.75, 3.05) is 13.1 Å². The van der Waals surface area contributed by atoms with Gasteiger partial charge < -0.3 is 0 Å². The van der Waals surface area contributed by atoms with Crippen LogP contribution in [-0.4, -0.2) is 29.2 Å². The Labute approximate surface area is 105 Å². The molecule has 1 aliphatic heterocycles.